The first-order chi connectivity index (χ1) is 9.19. The Kier molecular flexibility index (Phi) is 9.88. The predicted octanol–water partition coefficient (Wildman–Crippen LogP) is 0.735. The molecule has 1 amide bonds. The lowest BCUT2D eigenvalue weighted by Crippen LogP contribution is -2.33. The zero-order valence-electron chi connectivity index (χ0n) is 12.2. The number of carbonyl (C=O) groups excluding carboxylic acids is 1. The molecule has 0 atom stereocenters. The molecule has 114 valence electrons. The van der Waals surface area contributed by atoms with E-state index in [1.54, 1.807) is 13.2 Å². The van der Waals surface area contributed by atoms with E-state index in [1.165, 1.54) is 0 Å². The second kappa shape index (κ2) is 10.5. The average molecular weight is 303 g/mol. The van der Waals surface area contributed by atoms with E-state index >= 15 is 0 Å². The number of amides is 1. The molecular formula is C13H23ClN4O2. The molecule has 0 radical (unpaired) electrons. The molecule has 0 bridgehead atoms. The number of ether oxygens (including phenoxy) is 1. The van der Waals surface area contributed by atoms with Gasteiger partial charge in [-0.3, -0.25) is 4.79 Å². The Balaban J connectivity index is 0.00000361. The Hall–Kier alpha value is -1.24. The molecule has 1 rings (SSSR count). The molecule has 6 nitrogen and oxygen atoms in total. The fourth-order valence-corrected chi connectivity index (χ4v) is 1.63. The van der Waals surface area contributed by atoms with Crippen LogP contribution in [-0.4, -0.2) is 49.5 Å². The SMILES string of the molecule is CCc1nnc(C)cc1C(=O)NCCNCCOC.Cl. The van der Waals surface area contributed by atoms with Crippen LogP contribution in [0.4, 0.5) is 0 Å². The highest BCUT2D eigenvalue weighted by molar-refractivity contribution is 5.95. The van der Waals surface area contributed by atoms with Gasteiger partial charge in [0.05, 0.1) is 23.6 Å². The third kappa shape index (κ3) is 6.27. The van der Waals surface area contributed by atoms with Crippen molar-refractivity contribution < 1.29 is 9.53 Å². The van der Waals surface area contributed by atoms with Gasteiger partial charge in [-0.15, -0.1) is 12.4 Å². The Morgan fingerprint density at radius 3 is 2.70 bits per heavy atom. The number of aromatic nitrogens is 2. The van der Waals surface area contributed by atoms with Crippen LogP contribution in [0.2, 0.25) is 0 Å². The van der Waals surface area contributed by atoms with Crippen molar-refractivity contribution in [3.05, 3.63) is 23.0 Å². The van der Waals surface area contributed by atoms with Crippen LogP contribution in [0.15, 0.2) is 6.07 Å². The maximum absolute atomic E-state index is 12.0. The Labute approximate surface area is 126 Å². The van der Waals surface area contributed by atoms with Crippen LogP contribution in [0.1, 0.15) is 28.7 Å². The highest BCUT2D eigenvalue weighted by Crippen LogP contribution is 2.06. The van der Waals surface area contributed by atoms with E-state index in [-0.39, 0.29) is 18.3 Å². The van der Waals surface area contributed by atoms with Crippen molar-refractivity contribution in [1.82, 2.24) is 20.8 Å². The van der Waals surface area contributed by atoms with Crippen molar-refractivity contribution in [2.75, 3.05) is 33.4 Å². The lowest BCUT2D eigenvalue weighted by molar-refractivity contribution is 0.0952. The normalized spacial score (nSPS) is 9.95. The quantitative estimate of drug-likeness (QED) is 0.693. The number of halogens is 1. The molecule has 0 saturated carbocycles. The molecule has 0 spiro atoms. The van der Waals surface area contributed by atoms with Gasteiger partial charge in [0, 0.05) is 26.7 Å². The fraction of sp³-hybridized carbons (Fsp3) is 0.615. The lowest BCUT2D eigenvalue weighted by Gasteiger charge is -2.09. The van der Waals surface area contributed by atoms with Gasteiger partial charge in [0.2, 0.25) is 0 Å². The van der Waals surface area contributed by atoms with Crippen LogP contribution in [0.5, 0.6) is 0 Å². The Bertz CT molecular complexity index is 415. The highest BCUT2D eigenvalue weighted by atomic mass is 35.5. The number of aryl methyl sites for hydroxylation is 2. The van der Waals surface area contributed by atoms with Gasteiger partial charge in [0.15, 0.2) is 0 Å². The topological polar surface area (TPSA) is 76.1 Å². The van der Waals surface area contributed by atoms with Gasteiger partial charge in [-0.1, -0.05) is 6.92 Å². The van der Waals surface area contributed by atoms with Crippen molar-refractivity contribution in [2.45, 2.75) is 20.3 Å². The zero-order chi connectivity index (χ0) is 14.1. The Morgan fingerprint density at radius 1 is 1.30 bits per heavy atom. The third-order valence-corrected chi connectivity index (χ3v) is 2.64. The molecule has 0 aliphatic heterocycles. The van der Waals surface area contributed by atoms with Gasteiger partial charge in [-0.05, 0) is 19.4 Å². The molecule has 0 aromatic carbocycles. The number of nitrogens with one attached hydrogen (secondary N) is 2. The summed E-state index contributed by atoms with van der Waals surface area (Å²) in [6.45, 7) is 6.53. The number of hydrogen-bond acceptors (Lipinski definition) is 5. The summed E-state index contributed by atoms with van der Waals surface area (Å²) in [5, 5.41) is 14.0. The summed E-state index contributed by atoms with van der Waals surface area (Å²) in [6.07, 6.45) is 0.697. The fourth-order valence-electron chi connectivity index (χ4n) is 1.63. The number of hydrogen-bond donors (Lipinski definition) is 2. The minimum Gasteiger partial charge on any atom is -0.383 e. The van der Waals surface area contributed by atoms with Crippen LogP contribution in [0, 0.1) is 6.92 Å². The van der Waals surface area contributed by atoms with Gasteiger partial charge < -0.3 is 15.4 Å². The summed E-state index contributed by atoms with van der Waals surface area (Å²) in [7, 11) is 1.66. The van der Waals surface area contributed by atoms with Crippen LogP contribution >= 0.6 is 12.4 Å². The largest absolute Gasteiger partial charge is 0.383 e. The van der Waals surface area contributed by atoms with Crippen LogP contribution in [0.3, 0.4) is 0 Å². The van der Waals surface area contributed by atoms with E-state index in [1.807, 2.05) is 13.8 Å². The maximum Gasteiger partial charge on any atom is 0.253 e. The number of methoxy groups -OCH3 is 1. The van der Waals surface area contributed by atoms with E-state index in [2.05, 4.69) is 20.8 Å². The summed E-state index contributed by atoms with van der Waals surface area (Å²) in [6, 6.07) is 1.78. The molecule has 0 saturated heterocycles. The van der Waals surface area contributed by atoms with Gasteiger partial charge >= 0.3 is 0 Å². The van der Waals surface area contributed by atoms with Crippen molar-refractivity contribution in [3.63, 3.8) is 0 Å². The Morgan fingerprint density at radius 2 is 2.05 bits per heavy atom. The molecule has 1 aromatic heterocycles. The summed E-state index contributed by atoms with van der Waals surface area (Å²) in [5.41, 5.74) is 2.10. The third-order valence-electron chi connectivity index (χ3n) is 2.64. The van der Waals surface area contributed by atoms with E-state index in [0.717, 1.165) is 17.9 Å². The molecule has 1 aromatic rings. The van der Waals surface area contributed by atoms with Crippen LogP contribution in [-0.2, 0) is 11.2 Å². The molecule has 0 aliphatic carbocycles. The zero-order valence-corrected chi connectivity index (χ0v) is 13.0. The van der Waals surface area contributed by atoms with Gasteiger partial charge in [0.25, 0.3) is 5.91 Å². The first-order valence-corrected chi connectivity index (χ1v) is 6.50. The second-order valence-electron chi connectivity index (χ2n) is 4.20. The van der Waals surface area contributed by atoms with E-state index in [4.69, 9.17) is 4.74 Å². The molecule has 7 heteroatoms. The van der Waals surface area contributed by atoms with Crippen LogP contribution < -0.4 is 10.6 Å². The van der Waals surface area contributed by atoms with Crippen LogP contribution in [0.25, 0.3) is 0 Å². The van der Waals surface area contributed by atoms with E-state index < -0.39 is 0 Å². The first-order valence-electron chi connectivity index (χ1n) is 6.50. The van der Waals surface area contributed by atoms with Crippen molar-refractivity contribution >= 4 is 18.3 Å². The maximum atomic E-state index is 12.0. The molecule has 2 N–H and O–H groups in total. The standard InChI is InChI=1S/C13H22N4O2.ClH/c1-4-12-11(9-10(2)16-17-12)13(18)15-6-5-14-7-8-19-3;/h9,14H,4-8H2,1-3H3,(H,15,18);1H. The monoisotopic (exact) mass is 302 g/mol. The summed E-state index contributed by atoms with van der Waals surface area (Å²) in [4.78, 5) is 12.0. The van der Waals surface area contributed by atoms with Gasteiger partial charge in [0.1, 0.15) is 0 Å². The minimum absolute atomic E-state index is 0. The minimum atomic E-state index is -0.0941. The number of rotatable bonds is 8. The van der Waals surface area contributed by atoms with E-state index in [0.29, 0.717) is 31.7 Å². The summed E-state index contributed by atoms with van der Waals surface area (Å²) < 4.78 is 4.92. The number of carbonyl (C=O) groups is 1. The van der Waals surface area contributed by atoms with Crippen molar-refractivity contribution in [3.8, 4) is 0 Å². The summed E-state index contributed by atoms with van der Waals surface area (Å²) >= 11 is 0. The second-order valence-corrected chi connectivity index (χ2v) is 4.20. The molecule has 0 unspecified atom stereocenters. The molecule has 0 fully saturated rings. The van der Waals surface area contributed by atoms with Gasteiger partial charge in [-0.2, -0.15) is 10.2 Å². The first kappa shape index (κ1) is 18.8. The molecule has 0 aliphatic rings. The molecule has 20 heavy (non-hydrogen) atoms. The summed E-state index contributed by atoms with van der Waals surface area (Å²) in [5.74, 6) is -0.0941. The average Bonchev–Trinajstić information content (AvgIpc) is 2.42. The highest BCUT2D eigenvalue weighted by Gasteiger charge is 2.11. The lowest BCUT2D eigenvalue weighted by atomic mass is 10.1. The molecule has 1 heterocycles. The smallest absolute Gasteiger partial charge is 0.253 e. The van der Waals surface area contributed by atoms with E-state index in [9.17, 15) is 4.79 Å². The number of nitrogens with zero attached hydrogens (tertiary/aromatic N) is 2. The predicted molar refractivity (Wildman–Crippen MR) is 80.5 cm³/mol. The van der Waals surface area contributed by atoms with Crippen molar-refractivity contribution in [1.29, 1.82) is 0 Å². The van der Waals surface area contributed by atoms with Crippen molar-refractivity contribution in [2.24, 2.45) is 0 Å². The van der Waals surface area contributed by atoms with Gasteiger partial charge in [-0.25, -0.2) is 0 Å². The molecular weight excluding hydrogens is 280 g/mol.